The average molecular weight is 890 g/mol. The van der Waals surface area contributed by atoms with Gasteiger partial charge in [-0.1, -0.05) is 97.6 Å². The molecule has 2 fully saturated rings. The van der Waals surface area contributed by atoms with Gasteiger partial charge in [0.1, 0.15) is 16.4 Å². The first-order valence-electron chi connectivity index (χ1n) is 21.1. The molecule has 15 heteroatoms. The van der Waals surface area contributed by atoms with Crippen LogP contribution in [0.5, 0.6) is 0 Å². The minimum Gasteiger partial charge on any atom is -0.507 e. The number of Topliss-reactive ketones (excluding diaryl/α,β-unsaturated/α-hetero) is 1. The smallest absolute Gasteiger partial charge is 0.346 e. The fraction of sp³-hybridized carbons (Fsp3) is 0.600. The molecule has 1 spiro atoms. The molecule has 6 aliphatic rings. The Bertz CT molecular complexity index is 2100. The van der Waals surface area contributed by atoms with Crippen LogP contribution in [0.3, 0.4) is 0 Å². The topological polar surface area (TPSA) is 184 Å². The van der Waals surface area contributed by atoms with E-state index in [0.717, 1.165) is 5.57 Å². The number of carboxylic acid groups (broad SMARTS) is 1. The predicted octanol–water partition coefficient (Wildman–Crippen LogP) is 8.62. The van der Waals surface area contributed by atoms with E-state index in [1.165, 1.54) is 0 Å². The number of ether oxygens (including phenoxy) is 3. The Kier molecular flexibility index (Phi) is 12.4. The molecule has 13 unspecified atom stereocenters. The van der Waals surface area contributed by atoms with Crippen molar-refractivity contribution in [2.24, 2.45) is 40.4 Å². The summed E-state index contributed by atoms with van der Waals surface area (Å²) in [6, 6.07) is -0.810. The maximum atomic E-state index is 15.6. The predicted molar refractivity (Wildman–Crippen MR) is 225 cm³/mol. The number of aliphatic hydroxyl groups excluding tert-OH is 2. The zero-order valence-electron chi connectivity index (χ0n) is 34.7. The largest absolute Gasteiger partial charge is 0.507 e. The van der Waals surface area contributed by atoms with E-state index >= 15 is 4.79 Å². The van der Waals surface area contributed by atoms with Crippen molar-refractivity contribution >= 4 is 58.4 Å². The van der Waals surface area contributed by atoms with Crippen LogP contribution in [0.1, 0.15) is 103 Å². The van der Waals surface area contributed by atoms with Crippen molar-refractivity contribution in [1.29, 1.82) is 0 Å². The van der Waals surface area contributed by atoms with E-state index in [2.05, 4.69) is 41.5 Å². The molecular weight excluding hydrogens is 835 g/mol. The molecule has 5 N–H and O–H groups in total. The van der Waals surface area contributed by atoms with Crippen molar-refractivity contribution in [3.8, 4) is 0 Å². The number of aromatic nitrogens is 1. The van der Waals surface area contributed by atoms with Crippen LogP contribution < -0.4 is 5.32 Å². The number of aliphatic hydroxyl groups is 2. The highest BCUT2D eigenvalue weighted by Crippen LogP contribution is 2.61. The summed E-state index contributed by atoms with van der Waals surface area (Å²) in [5.74, 6) is -4.94. The molecule has 3 heterocycles. The lowest BCUT2D eigenvalue weighted by atomic mass is 9.50. The fourth-order valence-corrected chi connectivity index (χ4v) is 12.0. The number of fused-ring (bicyclic) bond motifs is 3. The summed E-state index contributed by atoms with van der Waals surface area (Å²) in [5.41, 5.74) is -3.42. The van der Waals surface area contributed by atoms with Crippen LogP contribution in [0.15, 0.2) is 58.9 Å². The van der Waals surface area contributed by atoms with Crippen molar-refractivity contribution < 1.29 is 48.7 Å². The molecule has 2 aliphatic heterocycles. The van der Waals surface area contributed by atoms with E-state index in [4.69, 9.17) is 49.0 Å². The Labute approximate surface area is 365 Å². The number of esters is 1. The molecule has 13 atom stereocenters. The number of rotatable bonds is 7. The fourth-order valence-electron chi connectivity index (χ4n) is 11.4. The van der Waals surface area contributed by atoms with Crippen molar-refractivity contribution in [3.05, 3.63) is 79.8 Å². The number of carboxylic acids is 1. The van der Waals surface area contributed by atoms with Gasteiger partial charge in [0.05, 0.1) is 39.8 Å². The maximum Gasteiger partial charge on any atom is 0.346 e. The van der Waals surface area contributed by atoms with Crippen molar-refractivity contribution in [3.63, 3.8) is 0 Å². The van der Waals surface area contributed by atoms with E-state index in [1.54, 1.807) is 19.9 Å². The third kappa shape index (κ3) is 7.20. The highest BCUT2D eigenvalue weighted by molar-refractivity contribution is 6.49. The Balaban J connectivity index is 1.22. The van der Waals surface area contributed by atoms with E-state index in [-0.39, 0.29) is 68.6 Å². The van der Waals surface area contributed by atoms with E-state index in [9.17, 15) is 29.7 Å². The lowest BCUT2D eigenvalue weighted by Gasteiger charge is -2.54. The number of aromatic amines is 1. The minimum absolute atomic E-state index is 0.00660. The summed E-state index contributed by atoms with van der Waals surface area (Å²) < 4.78 is 19.4. The van der Waals surface area contributed by atoms with Crippen LogP contribution in [0.4, 0.5) is 0 Å². The number of allylic oxidation sites excluding steroid dienone is 4. The normalized spacial score (nSPS) is 40.6. The standard InChI is InChI=1S/C45H55Cl3N2O10/c1-7-24-19-45-38(53)31(42(57)60-45)37(52)44(8-2)25(12-10-9-11-21(3)18-43(45,6)20-27(24)41(55)56)14-15-26-28(44)16-13-22(4)36(26)59-30-17-29(51)34(23(5)58-30)50-40(54)35-32(46)33(47)39(48)49-35/h9-10,14-15,18,20,22-26,28-30,34,36,49,51,53H,7-8,11-13,16-17,19H2,1-6H3,(H,50,54)(H,55,56)/b10-9+,21-18+. The Hall–Kier alpha value is -3.39. The average Bonchev–Trinajstić information content (AvgIpc) is 3.61. The zero-order valence-corrected chi connectivity index (χ0v) is 37.0. The maximum absolute atomic E-state index is 15.6. The summed E-state index contributed by atoms with van der Waals surface area (Å²) in [5, 5.41) is 36.9. The molecule has 0 aromatic carbocycles. The second kappa shape index (κ2) is 16.7. The van der Waals surface area contributed by atoms with Gasteiger partial charge in [0, 0.05) is 29.7 Å². The zero-order chi connectivity index (χ0) is 43.6. The lowest BCUT2D eigenvalue weighted by Crippen LogP contribution is -2.58. The van der Waals surface area contributed by atoms with E-state index in [0.29, 0.717) is 38.5 Å². The van der Waals surface area contributed by atoms with Gasteiger partial charge in [-0.05, 0) is 83.0 Å². The highest BCUT2D eigenvalue weighted by Gasteiger charge is 2.66. The summed E-state index contributed by atoms with van der Waals surface area (Å²) in [4.78, 5) is 58.2. The van der Waals surface area contributed by atoms with Crippen LogP contribution in [-0.4, -0.2) is 80.2 Å². The number of H-pyrrole nitrogens is 1. The van der Waals surface area contributed by atoms with Crippen molar-refractivity contribution in [2.75, 3.05) is 0 Å². The van der Waals surface area contributed by atoms with Gasteiger partial charge in [-0.2, -0.15) is 0 Å². The molecule has 2 bridgehead atoms. The molecule has 60 heavy (non-hydrogen) atoms. The minimum atomic E-state index is -1.68. The Morgan fingerprint density at radius 1 is 1.07 bits per heavy atom. The second-order valence-electron chi connectivity index (χ2n) is 17.9. The number of hydrogen-bond donors (Lipinski definition) is 5. The summed E-state index contributed by atoms with van der Waals surface area (Å²) in [7, 11) is 0. The number of ketones is 1. The van der Waals surface area contributed by atoms with E-state index in [1.807, 2.05) is 26.8 Å². The number of carbonyl (C=O) groups is 4. The number of hydrogen-bond acceptors (Lipinski definition) is 9. The molecule has 1 amide bonds. The van der Waals surface area contributed by atoms with Crippen LogP contribution in [0.25, 0.3) is 0 Å². The quantitative estimate of drug-likeness (QED) is 0.101. The summed E-state index contributed by atoms with van der Waals surface area (Å²) in [6.07, 6.45) is 12.0. The second-order valence-corrected chi connectivity index (χ2v) is 19.0. The van der Waals surface area contributed by atoms with Crippen molar-refractivity contribution in [2.45, 2.75) is 129 Å². The van der Waals surface area contributed by atoms with Crippen molar-refractivity contribution in [1.82, 2.24) is 10.3 Å². The van der Waals surface area contributed by atoms with Gasteiger partial charge in [-0.3, -0.25) is 9.59 Å². The number of amides is 1. The van der Waals surface area contributed by atoms with Gasteiger partial charge < -0.3 is 39.8 Å². The summed E-state index contributed by atoms with van der Waals surface area (Å²) >= 11 is 18.3. The molecule has 1 saturated heterocycles. The van der Waals surface area contributed by atoms with Crippen LogP contribution in [0, 0.1) is 40.4 Å². The van der Waals surface area contributed by atoms with Gasteiger partial charge in [-0.25, -0.2) is 9.59 Å². The van der Waals surface area contributed by atoms with Gasteiger partial charge in [-0.15, -0.1) is 0 Å². The Morgan fingerprint density at radius 2 is 1.80 bits per heavy atom. The molecule has 12 nitrogen and oxygen atoms in total. The van der Waals surface area contributed by atoms with Gasteiger partial charge >= 0.3 is 11.9 Å². The van der Waals surface area contributed by atoms with Crippen LogP contribution in [-0.2, 0) is 28.6 Å². The molecule has 4 aliphatic carbocycles. The molecular formula is C45H55Cl3N2O10. The number of carbonyl (C=O) groups excluding carboxylic acids is 3. The number of halogens is 3. The molecule has 0 radical (unpaired) electrons. The SMILES string of the molecule is CCC1CC23OC(=O)C(=C2O)C(=O)C2(CC)C(C=CC4C(OC5CC(O)C(NC(=O)c6[nH]c(Cl)c(Cl)c6Cl)C(C)O5)C(C)CCC42)C/C=C/C/C(C)=C/C3(C)C=C1C(=O)O. The third-order valence-corrected chi connectivity index (χ3v) is 15.8. The molecule has 1 aromatic rings. The third-order valence-electron chi connectivity index (χ3n) is 14.5. The first-order chi connectivity index (χ1) is 28.3. The van der Waals surface area contributed by atoms with Gasteiger partial charge in [0.15, 0.2) is 23.4 Å². The number of aliphatic carboxylic acids is 1. The highest BCUT2D eigenvalue weighted by atomic mass is 35.5. The molecule has 1 aromatic heterocycles. The first kappa shape index (κ1) is 44.7. The molecule has 1 saturated carbocycles. The Morgan fingerprint density at radius 3 is 2.43 bits per heavy atom. The van der Waals surface area contributed by atoms with Crippen LogP contribution in [0.2, 0.25) is 15.2 Å². The van der Waals surface area contributed by atoms with E-state index < -0.39 is 82.4 Å². The van der Waals surface area contributed by atoms with Gasteiger partial charge in [0.25, 0.3) is 5.91 Å². The first-order valence-corrected chi connectivity index (χ1v) is 22.2. The molecule has 326 valence electrons. The van der Waals surface area contributed by atoms with Crippen LogP contribution >= 0.6 is 34.8 Å². The summed E-state index contributed by atoms with van der Waals surface area (Å²) in [6.45, 7) is 11.3. The monoisotopic (exact) mass is 888 g/mol. The van der Waals surface area contributed by atoms with Gasteiger partial charge in [0.2, 0.25) is 0 Å². The lowest BCUT2D eigenvalue weighted by molar-refractivity contribution is -0.257. The molecule has 7 rings (SSSR count). The number of nitrogens with one attached hydrogen (secondary N) is 2.